The Morgan fingerprint density at radius 2 is 2.00 bits per heavy atom. The first kappa shape index (κ1) is 12.1. The maximum atomic E-state index is 5.87. The van der Waals surface area contributed by atoms with Gasteiger partial charge in [-0.25, -0.2) is 0 Å². The van der Waals surface area contributed by atoms with Crippen LogP contribution in [0.2, 0.25) is 0 Å². The van der Waals surface area contributed by atoms with Crippen LogP contribution in [-0.2, 0) is 32.1 Å². The molecule has 72 valence electrons. The maximum Gasteiger partial charge on any atom is 0.0387 e. The summed E-state index contributed by atoms with van der Waals surface area (Å²) in [5, 5.41) is 2.66. The number of aryl methyl sites for hydroxylation is 2. The average Bonchev–Trinajstić information content (AvgIpc) is 2.48. The van der Waals surface area contributed by atoms with E-state index in [1.165, 1.54) is 27.5 Å². The third-order valence-electron chi connectivity index (χ3n) is 2.48. The fraction of sp³-hybridized carbons (Fsp3) is 0.250. The molecule has 0 saturated carbocycles. The number of fused-ring (bicyclic) bond motifs is 1. The molecule has 0 aliphatic heterocycles. The molecule has 2 aromatic rings. The number of alkyl halides is 1. The van der Waals surface area contributed by atoms with E-state index in [-0.39, 0.29) is 26.2 Å². The molecule has 0 N–H and O–H groups in total. The molecule has 0 spiro atoms. The smallest absolute Gasteiger partial charge is 0.0387 e. The Balaban J connectivity index is 0.000000980. The molecule has 0 fully saturated rings. The van der Waals surface area contributed by atoms with E-state index in [4.69, 9.17) is 11.6 Å². The molecule has 0 heterocycles. The summed E-state index contributed by atoms with van der Waals surface area (Å²) in [4.78, 5) is 0. The van der Waals surface area contributed by atoms with Crippen LogP contribution < -0.4 is 0 Å². The van der Waals surface area contributed by atoms with Gasteiger partial charge >= 0.3 is 0 Å². The molecule has 0 atom stereocenters. The Morgan fingerprint density at radius 3 is 2.64 bits per heavy atom. The summed E-state index contributed by atoms with van der Waals surface area (Å²) >= 11 is 5.87. The van der Waals surface area contributed by atoms with Crippen molar-refractivity contribution in [3.05, 3.63) is 41.0 Å². The van der Waals surface area contributed by atoms with Crippen molar-refractivity contribution in [1.82, 2.24) is 0 Å². The minimum absolute atomic E-state index is 0. The van der Waals surface area contributed by atoms with Crippen molar-refractivity contribution in [3.8, 4) is 0 Å². The third kappa shape index (κ3) is 1.99. The predicted molar refractivity (Wildman–Crippen MR) is 58.6 cm³/mol. The van der Waals surface area contributed by atoms with E-state index in [0.29, 0.717) is 5.88 Å². The molecule has 0 unspecified atom stereocenters. The molecule has 0 saturated heterocycles. The molecule has 2 rings (SSSR count). The van der Waals surface area contributed by atoms with E-state index in [1.54, 1.807) is 0 Å². The van der Waals surface area contributed by atoms with Crippen LogP contribution in [0.4, 0.5) is 0 Å². The zero-order valence-corrected chi connectivity index (χ0v) is 11.6. The first-order valence-corrected chi connectivity index (χ1v) is 4.97. The van der Waals surface area contributed by atoms with Gasteiger partial charge in [-0.05, 0) is 0 Å². The Bertz CT molecular complexity index is 443. The fourth-order valence-electron chi connectivity index (χ4n) is 1.77. The van der Waals surface area contributed by atoms with Gasteiger partial charge in [-0.15, -0.1) is 45.6 Å². The van der Waals surface area contributed by atoms with Crippen LogP contribution in [0, 0.1) is 13.8 Å². The van der Waals surface area contributed by atoms with Crippen molar-refractivity contribution in [2.24, 2.45) is 0 Å². The maximum absolute atomic E-state index is 5.87. The second-order valence-electron chi connectivity index (χ2n) is 3.54. The summed E-state index contributed by atoms with van der Waals surface area (Å²) in [6.07, 6.45) is 0. The first-order chi connectivity index (χ1) is 6.22. The van der Waals surface area contributed by atoms with Gasteiger partial charge in [0.05, 0.1) is 0 Å². The number of halogens is 1. The molecule has 2 aromatic carbocycles. The molecule has 14 heavy (non-hydrogen) atoms. The zero-order chi connectivity index (χ0) is 9.42. The summed E-state index contributed by atoms with van der Waals surface area (Å²) in [6.45, 7) is 4.26. The van der Waals surface area contributed by atoms with Gasteiger partial charge in [0, 0.05) is 32.1 Å². The van der Waals surface area contributed by atoms with Gasteiger partial charge in [0.15, 0.2) is 0 Å². The van der Waals surface area contributed by atoms with E-state index in [9.17, 15) is 0 Å². The molecule has 0 amide bonds. The van der Waals surface area contributed by atoms with E-state index in [1.807, 2.05) is 0 Å². The zero-order valence-electron chi connectivity index (χ0n) is 8.39. The van der Waals surface area contributed by atoms with Crippen molar-refractivity contribution >= 4 is 22.4 Å². The van der Waals surface area contributed by atoms with E-state index < -0.39 is 0 Å². The SMILES string of the molecule is Cc1cc2c(CCl)ccc(C)c2[cH-]1.[Zr]. The largest absolute Gasteiger partial charge is 0.165 e. The normalized spacial score (nSPS) is 10.2. The fourth-order valence-corrected chi connectivity index (χ4v) is 2.00. The third-order valence-corrected chi connectivity index (χ3v) is 2.77. The molecule has 0 aliphatic carbocycles. The minimum atomic E-state index is 0. The van der Waals surface area contributed by atoms with Gasteiger partial charge in [0.2, 0.25) is 0 Å². The number of hydrogen-bond donors (Lipinski definition) is 0. The number of rotatable bonds is 1. The summed E-state index contributed by atoms with van der Waals surface area (Å²) in [5.74, 6) is 0.597. The number of benzene rings is 1. The molecule has 0 aromatic heterocycles. The second-order valence-corrected chi connectivity index (χ2v) is 3.80. The van der Waals surface area contributed by atoms with Crippen LogP contribution in [0.3, 0.4) is 0 Å². The number of hydrogen-bond acceptors (Lipinski definition) is 0. The Kier molecular flexibility index (Phi) is 4.04. The first-order valence-electron chi connectivity index (χ1n) is 4.44. The Hall–Kier alpha value is 0.00312. The van der Waals surface area contributed by atoms with Crippen molar-refractivity contribution in [2.45, 2.75) is 19.7 Å². The van der Waals surface area contributed by atoms with Gasteiger partial charge in [-0.2, -0.15) is 6.07 Å². The summed E-state index contributed by atoms with van der Waals surface area (Å²) in [5.41, 5.74) is 3.88. The second kappa shape index (κ2) is 4.68. The topological polar surface area (TPSA) is 0 Å². The molecule has 2 heteroatoms. The predicted octanol–water partition coefficient (Wildman–Crippen LogP) is 3.91. The van der Waals surface area contributed by atoms with Gasteiger partial charge in [0.25, 0.3) is 0 Å². The van der Waals surface area contributed by atoms with Gasteiger partial charge in [0.1, 0.15) is 0 Å². The van der Waals surface area contributed by atoms with Gasteiger partial charge in [-0.1, -0.05) is 25.5 Å². The van der Waals surface area contributed by atoms with Crippen molar-refractivity contribution in [2.75, 3.05) is 0 Å². The Labute approximate surface area is 109 Å². The van der Waals surface area contributed by atoms with Gasteiger partial charge in [-0.3, -0.25) is 0 Å². The quantitative estimate of drug-likeness (QED) is 0.549. The Morgan fingerprint density at radius 1 is 1.29 bits per heavy atom. The van der Waals surface area contributed by atoms with Crippen LogP contribution >= 0.6 is 11.6 Å². The van der Waals surface area contributed by atoms with Crippen LogP contribution in [0.15, 0.2) is 24.3 Å². The van der Waals surface area contributed by atoms with Gasteiger partial charge < -0.3 is 0 Å². The van der Waals surface area contributed by atoms with Crippen LogP contribution in [-0.4, -0.2) is 0 Å². The monoisotopic (exact) mass is 281 g/mol. The van der Waals surface area contributed by atoms with E-state index in [2.05, 4.69) is 38.1 Å². The van der Waals surface area contributed by atoms with Crippen molar-refractivity contribution in [3.63, 3.8) is 0 Å². The average molecular weight is 283 g/mol. The van der Waals surface area contributed by atoms with Crippen molar-refractivity contribution < 1.29 is 26.2 Å². The molecule has 0 aliphatic rings. The summed E-state index contributed by atoms with van der Waals surface area (Å²) < 4.78 is 0. The molecule has 0 nitrogen and oxygen atoms in total. The molecular formula is C12H12ClZr-. The summed E-state index contributed by atoms with van der Waals surface area (Å²) in [7, 11) is 0. The standard InChI is InChI=1S/C12H12Cl.Zr/c1-8-5-11-9(2)3-4-10(7-13)12(11)6-8;/h3-6H,7H2,1-2H3;/q-1;. The van der Waals surface area contributed by atoms with Crippen LogP contribution in [0.5, 0.6) is 0 Å². The van der Waals surface area contributed by atoms with E-state index >= 15 is 0 Å². The van der Waals surface area contributed by atoms with Crippen LogP contribution in [0.25, 0.3) is 10.8 Å². The summed E-state index contributed by atoms with van der Waals surface area (Å²) in [6, 6.07) is 8.68. The minimum Gasteiger partial charge on any atom is -0.165 e. The van der Waals surface area contributed by atoms with Crippen molar-refractivity contribution in [1.29, 1.82) is 0 Å². The molecule has 0 radical (unpaired) electrons. The molecule has 0 bridgehead atoms. The van der Waals surface area contributed by atoms with Crippen LogP contribution in [0.1, 0.15) is 16.7 Å². The van der Waals surface area contributed by atoms with E-state index in [0.717, 1.165) is 0 Å². The molecular weight excluding hydrogens is 271 g/mol.